The highest BCUT2D eigenvalue weighted by Crippen LogP contribution is 2.24. The molecule has 0 atom stereocenters. The van der Waals surface area contributed by atoms with Gasteiger partial charge in [-0.1, -0.05) is 46.5 Å². The standard InChI is InChI=1S/C12H20N2O/c1-11(2,3)9-7-10(12(4,5)6)14(15)8-13-9/h7-8H,1-6H3. The molecule has 0 saturated heterocycles. The van der Waals surface area contributed by atoms with Crippen molar-refractivity contribution in [3.05, 3.63) is 29.0 Å². The van der Waals surface area contributed by atoms with Crippen molar-refractivity contribution in [1.29, 1.82) is 0 Å². The van der Waals surface area contributed by atoms with Gasteiger partial charge in [0.2, 0.25) is 0 Å². The fourth-order valence-corrected chi connectivity index (χ4v) is 1.36. The maximum atomic E-state index is 11.6. The smallest absolute Gasteiger partial charge is 0.289 e. The molecule has 84 valence electrons. The minimum Gasteiger partial charge on any atom is -0.711 e. The van der Waals surface area contributed by atoms with Crippen LogP contribution in [0.5, 0.6) is 0 Å². The van der Waals surface area contributed by atoms with Crippen LogP contribution in [0.2, 0.25) is 0 Å². The topological polar surface area (TPSA) is 39.8 Å². The first-order chi connectivity index (χ1) is 6.62. The van der Waals surface area contributed by atoms with E-state index in [2.05, 4.69) is 25.8 Å². The molecule has 0 saturated carbocycles. The van der Waals surface area contributed by atoms with Crippen LogP contribution in [0.15, 0.2) is 12.4 Å². The van der Waals surface area contributed by atoms with Crippen molar-refractivity contribution in [2.75, 3.05) is 0 Å². The van der Waals surface area contributed by atoms with Crippen molar-refractivity contribution in [2.45, 2.75) is 52.4 Å². The third-order valence-corrected chi connectivity index (χ3v) is 2.35. The molecule has 0 unspecified atom stereocenters. The molecule has 1 aromatic heterocycles. The molecule has 0 aliphatic rings. The van der Waals surface area contributed by atoms with Gasteiger partial charge in [0.1, 0.15) is 5.69 Å². The molecule has 15 heavy (non-hydrogen) atoms. The maximum absolute atomic E-state index is 11.6. The second kappa shape index (κ2) is 3.47. The van der Waals surface area contributed by atoms with Crippen molar-refractivity contribution in [3.63, 3.8) is 0 Å². The first kappa shape index (κ1) is 12.0. The SMILES string of the molecule is CC(C)(C)c1cc(C(C)(C)C)[n+]([O-])cn1. The zero-order valence-electron chi connectivity index (χ0n) is 10.5. The Bertz CT molecular complexity index is 359. The number of rotatable bonds is 0. The van der Waals surface area contributed by atoms with E-state index in [4.69, 9.17) is 0 Å². The van der Waals surface area contributed by atoms with E-state index < -0.39 is 0 Å². The van der Waals surface area contributed by atoms with Crippen molar-refractivity contribution < 1.29 is 4.73 Å². The Balaban J connectivity index is 3.30. The lowest BCUT2D eigenvalue weighted by atomic mass is 9.87. The van der Waals surface area contributed by atoms with Gasteiger partial charge in [0.05, 0.1) is 0 Å². The maximum Gasteiger partial charge on any atom is 0.289 e. The number of nitrogens with zero attached hydrogens (tertiary/aromatic N) is 2. The van der Waals surface area contributed by atoms with E-state index in [9.17, 15) is 5.21 Å². The molecule has 1 heterocycles. The molecular formula is C12H20N2O. The van der Waals surface area contributed by atoms with Crippen LogP contribution in [0.25, 0.3) is 0 Å². The number of hydrogen-bond donors (Lipinski definition) is 0. The van der Waals surface area contributed by atoms with E-state index in [-0.39, 0.29) is 10.8 Å². The van der Waals surface area contributed by atoms with Crippen molar-refractivity contribution in [2.24, 2.45) is 0 Å². The van der Waals surface area contributed by atoms with Gasteiger partial charge in [-0.05, 0) is 0 Å². The molecule has 0 fully saturated rings. The predicted octanol–water partition coefficient (Wildman–Crippen LogP) is 2.31. The van der Waals surface area contributed by atoms with Crippen molar-refractivity contribution in [3.8, 4) is 0 Å². The Hall–Kier alpha value is -1.12. The minimum absolute atomic E-state index is 0.0196. The largest absolute Gasteiger partial charge is 0.711 e. The summed E-state index contributed by atoms with van der Waals surface area (Å²) >= 11 is 0. The molecule has 0 spiro atoms. The van der Waals surface area contributed by atoms with Gasteiger partial charge in [-0.25, -0.2) is 4.73 Å². The van der Waals surface area contributed by atoms with E-state index in [1.807, 2.05) is 26.8 Å². The fraction of sp³-hybridized carbons (Fsp3) is 0.667. The molecule has 0 aromatic carbocycles. The van der Waals surface area contributed by atoms with Crippen LogP contribution < -0.4 is 4.73 Å². The second-order valence-corrected chi connectivity index (χ2v) is 5.99. The molecule has 0 aliphatic heterocycles. The van der Waals surface area contributed by atoms with Crippen LogP contribution in [-0.4, -0.2) is 4.98 Å². The summed E-state index contributed by atoms with van der Waals surface area (Å²) in [4.78, 5) is 4.17. The summed E-state index contributed by atoms with van der Waals surface area (Å²) in [5, 5.41) is 11.6. The van der Waals surface area contributed by atoms with Gasteiger partial charge >= 0.3 is 0 Å². The van der Waals surface area contributed by atoms with Crippen LogP contribution in [0.3, 0.4) is 0 Å². The number of hydrogen-bond acceptors (Lipinski definition) is 2. The molecule has 0 N–H and O–H groups in total. The molecule has 0 bridgehead atoms. The summed E-state index contributed by atoms with van der Waals surface area (Å²) in [5.41, 5.74) is 1.56. The van der Waals surface area contributed by atoms with Crippen LogP contribution in [0.4, 0.5) is 0 Å². The quantitative estimate of drug-likeness (QED) is 0.485. The zero-order chi connectivity index (χ0) is 11.9. The third-order valence-electron chi connectivity index (χ3n) is 2.35. The molecule has 0 amide bonds. The summed E-state index contributed by atoms with van der Waals surface area (Å²) < 4.78 is 0.856. The molecule has 0 aliphatic carbocycles. The van der Waals surface area contributed by atoms with Gasteiger partial charge in [-0.3, -0.25) is 0 Å². The summed E-state index contributed by atoms with van der Waals surface area (Å²) in [7, 11) is 0. The van der Waals surface area contributed by atoms with Crippen LogP contribution in [-0.2, 0) is 10.8 Å². The van der Waals surface area contributed by atoms with E-state index in [1.54, 1.807) is 0 Å². The second-order valence-electron chi connectivity index (χ2n) is 5.99. The van der Waals surface area contributed by atoms with E-state index >= 15 is 0 Å². The van der Waals surface area contributed by atoms with Gasteiger partial charge < -0.3 is 5.21 Å². The normalized spacial score (nSPS) is 12.9. The Morgan fingerprint density at radius 1 is 1.07 bits per heavy atom. The highest BCUT2D eigenvalue weighted by atomic mass is 16.5. The molecule has 1 rings (SSSR count). The zero-order valence-corrected chi connectivity index (χ0v) is 10.5. The molecule has 3 heteroatoms. The molecule has 0 radical (unpaired) electrons. The van der Waals surface area contributed by atoms with Crippen LogP contribution >= 0.6 is 0 Å². The van der Waals surface area contributed by atoms with E-state index in [1.165, 1.54) is 6.33 Å². The molecule has 3 nitrogen and oxygen atoms in total. The average molecular weight is 208 g/mol. The summed E-state index contributed by atoms with van der Waals surface area (Å²) in [6, 6.07) is 1.91. The van der Waals surface area contributed by atoms with E-state index in [0.29, 0.717) is 0 Å². The van der Waals surface area contributed by atoms with Crippen LogP contribution in [0, 0.1) is 5.21 Å². The van der Waals surface area contributed by atoms with Gasteiger partial charge in [0.25, 0.3) is 6.33 Å². The lowest BCUT2D eigenvalue weighted by Gasteiger charge is -2.23. The van der Waals surface area contributed by atoms with Gasteiger partial charge in [0, 0.05) is 16.9 Å². The third kappa shape index (κ3) is 2.67. The monoisotopic (exact) mass is 208 g/mol. The van der Waals surface area contributed by atoms with Gasteiger partial charge in [-0.15, -0.1) is 0 Å². The Morgan fingerprint density at radius 2 is 1.60 bits per heavy atom. The molecular weight excluding hydrogens is 188 g/mol. The number of aromatic nitrogens is 2. The Morgan fingerprint density at radius 3 is 2.00 bits per heavy atom. The van der Waals surface area contributed by atoms with Crippen LogP contribution in [0.1, 0.15) is 52.9 Å². The average Bonchev–Trinajstić information content (AvgIpc) is 2.00. The minimum atomic E-state index is -0.148. The van der Waals surface area contributed by atoms with Gasteiger partial charge in [0.15, 0.2) is 5.69 Å². The van der Waals surface area contributed by atoms with Crippen molar-refractivity contribution in [1.82, 2.24) is 4.98 Å². The van der Waals surface area contributed by atoms with Crippen molar-refractivity contribution >= 4 is 0 Å². The Kier molecular flexibility index (Phi) is 2.77. The first-order valence-corrected chi connectivity index (χ1v) is 5.22. The molecule has 1 aromatic rings. The first-order valence-electron chi connectivity index (χ1n) is 5.22. The lowest BCUT2D eigenvalue weighted by molar-refractivity contribution is -0.621. The highest BCUT2D eigenvalue weighted by molar-refractivity contribution is 5.17. The highest BCUT2D eigenvalue weighted by Gasteiger charge is 2.26. The summed E-state index contributed by atoms with van der Waals surface area (Å²) in [5.74, 6) is 0. The summed E-state index contributed by atoms with van der Waals surface area (Å²) in [6.07, 6.45) is 1.36. The summed E-state index contributed by atoms with van der Waals surface area (Å²) in [6.45, 7) is 12.4. The van der Waals surface area contributed by atoms with Gasteiger partial charge in [-0.2, -0.15) is 0 Å². The lowest BCUT2D eigenvalue weighted by Crippen LogP contribution is -2.39. The van der Waals surface area contributed by atoms with E-state index in [0.717, 1.165) is 16.1 Å². The predicted molar refractivity (Wildman–Crippen MR) is 60.6 cm³/mol. The fourth-order valence-electron chi connectivity index (χ4n) is 1.36. The Labute approximate surface area is 91.7 Å².